The number of carbonyl (C=O) groups is 1. The fourth-order valence-corrected chi connectivity index (χ4v) is 2.22. The first kappa shape index (κ1) is 10.5. The van der Waals surface area contributed by atoms with Crippen molar-refractivity contribution >= 4 is 5.97 Å². The molecule has 0 saturated heterocycles. The zero-order valence-corrected chi connectivity index (χ0v) is 8.49. The SMILES string of the molecule is CO[C@H]1C[C@@H](C)[C@H](C(=O)O)C[C@H]1C. The molecule has 13 heavy (non-hydrogen) atoms. The third kappa shape index (κ3) is 2.21. The summed E-state index contributed by atoms with van der Waals surface area (Å²) >= 11 is 0. The van der Waals surface area contributed by atoms with Crippen molar-refractivity contribution in [2.45, 2.75) is 32.8 Å². The van der Waals surface area contributed by atoms with Crippen molar-refractivity contribution in [1.29, 1.82) is 0 Å². The first-order chi connectivity index (χ1) is 6.06. The van der Waals surface area contributed by atoms with E-state index in [1.165, 1.54) is 0 Å². The molecule has 0 aromatic heterocycles. The molecule has 0 spiro atoms. The second-order valence-corrected chi connectivity index (χ2v) is 4.14. The van der Waals surface area contributed by atoms with Gasteiger partial charge in [-0.25, -0.2) is 0 Å². The molecule has 0 amide bonds. The Kier molecular flexibility index (Phi) is 3.31. The monoisotopic (exact) mass is 186 g/mol. The van der Waals surface area contributed by atoms with E-state index in [9.17, 15) is 4.79 Å². The minimum atomic E-state index is -0.658. The molecule has 3 nitrogen and oxygen atoms in total. The molecule has 3 heteroatoms. The lowest BCUT2D eigenvalue weighted by Gasteiger charge is -2.35. The molecule has 1 saturated carbocycles. The van der Waals surface area contributed by atoms with Crippen LogP contribution < -0.4 is 0 Å². The normalized spacial score (nSPS) is 40.2. The molecule has 1 rings (SSSR count). The Bertz CT molecular complexity index is 191. The van der Waals surface area contributed by atoms with Crippen LogP contribution in [0.15, 0.2) is 0 Å². The second kappa shape index (κ2) is 4.09. The molecule has 0 unspecified atom stereocenters. The average molecular weight is 186 g/mol. The van der Waals surface area contributed by atoms with Gasteiger partial charge >= 0.3 is 5.97 Å². The molecule has 0 radical (unpaired) electrons. The van der Waals surface area contributed by atoms with E-state index in [0.29, 0.717) is 5.92 Å². The number of methoxy groups -OCH3 is 1. The molecular formula is C10H18O3. The molecule has 1 N–H and O–H groups in total. The van der Waals surface area contributed by atoms with Crippen LogP contribution in [-0.2, 0) is 9.53 Å². The minimum absolute atomic E-state index is 0.179. The lowest BCUT2D eigenvalue weighted by molar-refractivity contribution is -0.147. The summed E-state index contributed by atoms with van der Waals surface area (Å²) in [6, 6.07) is 0. The van der Waals surface area contributed by atoms with Gasteiger partial charge in [-0.1, -0.05) is 13.8 Å². The molecule has 0 aromatic rings. The molecule has 0 heterocycles. The van der Waals surface area contributed by atoms with E-state index < -0.39 is 5.97 Å². The van der Waals surface area contributed by atoms with Crippen molar-refractivity contribution in [1.82, 2.24) is 0 Å². The number of hydrogen-bond acceptors (Lipinski definition) is 2. The van der Waals surface area contributed by atoms with Crippen LogP contribution in [0.25, 0.3) is 0 Å². The predicted molar refractivity (Wildman–Crippen MR) is 49.5 cm³/mol. The number of aliphatic carboxylic acids is 1. The summed E-state index contributed by atoms with van der Waals surface area (Å²) in [6.45, 7) is 4.06. The van der Waals surface area contributed by atoms with Crippen LogP contribution in [0.3, 0.4) is 0 Å². The summed E-state index contributed by atoms with van der Waals surface area (Å²) in [5.41, 5.74) is 0. The maximum Gasteiger partial charge on any atom is 0.306 e. The van der Waals surface area contributed by atoms with Gasteiger partial charge in [0.1, 0.15) is 0 Å². The smallest absolute Gasteiger partial charge is 0.306 e. The maximum atomic E-state index is 10.9. The molecule has 1 aliphatic carbocycles. The van der Waals surface area contributed by atoms with Gasteiger partial charge in [0.2, 0.25) is 0 Å². The first-order valence-corrected chi connectivity index (χ1v) is 4.81. The molecule has 0 aliphatic heterocycles. The van der Waals surface area contributed by atoms with Gasteiger partial charge in [0, 0.05) is 7.11 Å². The lowest BCUT2D eigenvalue weighted by atomic mass is 9.74. The fraction of sp³-hybridized carbons (Fsp3) is 0.900. The molecule has 1 fully saturated rings. The number of carboxylic acid groups (broad SMARTS) is 1. The number of carboxylic acids is 1. The summed E-state index contributed by atoms with van der Waals surface area (Å²) in [6.07, 6.45) is 1.86. The molecule has 1 aliphatic rings. The van der Waals surface area contributed by atoms with Crippen molar-refractivity contribution in [3.8, 4) is 0 Å². The molecular weight excluding hydrogens is 168 g/mol. The van der Waals surface area contributed by atoms with E-state index in [-0.39, 0.29) is 17.9 Å². The van der Waals surface area contributed by atoms with Gasteiger partial charge in [-0.15, -0.1) is 0 Å². The van der Waals surface area contributed by atoms with Gasteiger partial charge in [-0.05, 0) is 24.7 Å². The van der Waals surface area contributed by atoms with E-state index in [1.807, 2.05) is 6.92 Å². The zero-order valence-electron chi connectivity index (χ0n) is 8.49. The summed E-state index contributed by atoms with van der Waals surface area (Å²) in [5.74, 6) is -0.240. The standard InChI is InChI=1S/C10H18O3/c1-6-5-9(13-3)7(2)4-8(6)10(11)12/h6-9H,4-5H2,1-3H3,(H,11,12)/t6-,7-,8-,9+/m1/s1. The fourth-order valence-electron chi connectivity index (χ4n) is 2.22. The Morgan fingerprint density at radius 2 is 1.92 bits per heavy atom. The Balaban J connectivity index is 2.61. The third-order valence-corrected chi connectivity index (χ3v) is 3.17. The van der Waals surface area contributed by atoms with Crippen molar-refractivity contribution in [2.24, 2.45) is 17.8 Å². The lowest BCUT2D eigenvalue weighted by Crippen LogP contribution is -2.37. The van der Waals surface area contributed by atoms with Crippen LogP contribution in [0.1, 0.15) is 26.7 Å². The van der Waals surface area contributed by atoms with Gasteiger partial charge < -0.3 is 9.84 Å². The molecule has 0 aromatic carbocycles. The number of hydrogen-bond donors (Lipinski definition) is 1. The summed E-state index contributed by atoms with van der Waals surface area (Å²) in [4.78, 5) is 10.9. The highest BCUT2D eigenvalue weighted by molar-refractivity contribution is 5.70. The zero-order chi connectivity index (χ0) is 10.0. The summed E-state index contributed by atoms with van der Waals surface area (Å²) in [5, 5.41) is 8.94. The van der Waals surface area contributed by atoms with E-state index in [1.54, 1.807) is 7.11 Å². The highest BCUT2D eigenvalue weighted by Crippen LogP contribution is 2.35. The minimum Gasteiger partial charge on any atom is -0.481 e. The van der Waals surface area contributed by atoms with E-state index in [2.05, 4.69) is 6.92 Å². The van der Waals surface area contributed by atoms with Crippen LogP contribution >= 0.6 is 0 Å². The third-order valence-electron chi connectivity index (χ3n) is 3.17. The van der Waals surface area contributed by atoms with Gasteiger partial charge in [0.25, 0.3) is 0 Å². The summed E-state index contributed by atoms with van der Waals surface area (Å²) < 4.78 is 5.31. The van der Waals surface area contributed by atoms with Crippen molar-refractivity contribution in [3.63, 3.8) is 0 Å². The molecule has 76 valence electrons. The van der Waals surface area contributed by atoms with Crippen molar-refractivity contribution in [3.05, 3.63) is 0 Å². The van der Waals surface area contributed by atoms with Gasteiger partial charge in [0.05, 0.1) is 12.0 Å². The van der Waals surface area contributed by atoms with Crippen LogP contribution in [0.5, 0.6) is 0 Å². The molecule has 0 bridgehead atoms. The second-order valence-electron chi connectivity index (χ2n) is 4.14. The molecule has 4 atom stereocenters. The van der Waals surface area contributed by atoms with E-state index >= 15 is 0 Å². The van der Waals surface area contributed by atoms with Gasteiger partial charge in [0.15, 0.2) is 0 Å². The van der Waals surface area contributed by atoms with Gasteiger partial charge in [-0.2, -0.15) is 0 Å². The summed E-state index contributed by atoms with van der Waals surface area (Å²) in [7, 11) is 1.70. The topological polar surface area (TPSA) is 46.5 Å². The van der Waals surface area contributed by atoms with Crippen molar-refractivity contribution in [2.75, 3.05) is 7.11 Å². The van der Waals surface area contributed by atoms with Crippen LogP contribution in [0.2, 0.25) is 0 Å². The quantitative estimate of drug-likeness (QED) is 0.715. The van der Waals surface area contributed by atoms with Crippen molar-refractivity contribution < 1.29 is 14.6 Å². The van der Waals surface area contributed by atoms with Crippen LogP contribution in [0, 0.1) is 17.8 Å². The van der Waals surface area contributed by atoms with Gasteiger partial charge in [-0.3, -0.25) is 4.79 Å². The predicted octanol–water partition coefficient (Wildman–Crippen LogP) is 1.77. The Morgan fingerprint density at radius 3 is 2.38 bits per heavy atom. The Hall–Kier alpha value is -0.570. The largest absolute Gasteiger partial charge is 0.481 e. The highest BCUT2D eigenvalue weighted by atomic mass is 16.5. The van der Waals surface area contributed by atoms with E-state index in [4.69, 9.17) is 9.84 Å². The Morgan fingerprint density at radius 1 is 1.31 bits per heavy atom. The number of rotatable bonds is 2. The number of ether oxygens (including phenoxy) is 1. The van der Waals surface area contributed by atoms with Crippen LogP contribution in [-0.4, -0.2) is 24.3 Å². The Labute approximate surface area is 79.1 Å². The van der Waals surface area contributed by atoms with E-state index in [0.717, 1.165) is 12.8 Å². The first-order valence-electron chi connectivity index (χ1n) is 4.81. The maximum absolute atomic E-state index is 10.9. The van der Waals surface area contributed by atoms with Crippen LogP contribution in [0.4, 0.5) is 0 Å². The average Bonchev–Trinajstić information content (AvgIpc) is 2.07. The highest BCUT2D eigenvalue weighted by Gasteiger charge is 2.36.